The van der Waals surface area contributed by atoms with Crippen LogP contribution in [0.15, 0.2) is 47.4 Å². The van der Waals surface area contributed by atoms with Crippen molar-refractivity contribution in [3.63, 3.8) is 0 Å². The number of imide groups is 1. The van der Waals surface area contributed by atoms with Gasteiger partial charge in [0.15, 0.2) is 6.61 Å². The van der Waals surface area contributed by atoms with Crippen LogP contribution < -0.4 is 14.4 Å². The number of rotatable bonds is 6. The Kier molecular flexibility index (Phi) is 5.74. The van der Waals surface area contributed by atoms with Crippen molar-refractivity contribution < 1.29 is 32.3 Å². The summed E-state index contributed by atoms with van der Waals surface area (Å²) >= 11 is 0. The smallest absolute Gasteiger partial charge is 0.342 e. The molecule has 2 aromatic rings. The normalized spacial score (nSPS) is 15.3. The molecule has 2 aliphatic heterocycles. The number of para-hydroxylation sites is 1. The Morgan fingerprint density at radius 1 is 1.12 bits per heavy atom. The van der Waals surface area contributed by atoms with Gasteiger partial charge in [-0.15, -0.1) is 0 Å². The highest BCUT2D eigenvalue weighted by atomic mass is 32.2. The molecule has 2 aromatic carbocycles. The summed E-state index contributed by atoms with van der Waals surface area (Å²) in [6.07, 6.45) is 0.590. The lowest BCUT2D eigenvalue weighted by molar-refractivity contribution is -0.130. The zero-order valence-electron chi connectivity index (χ0n) is 17.2. The lowest BCUT2D eigenvalue weighted by Gasteiger charge is -2.20. The van der Waals surface area contributed by atoms with Gasteiger partial charge in [-0.3, -0.25) is 14.0 Å². The molecule has 0 radical (unpaired) electrons. The molecule has 32 heavy (non-hydrogen) atoms. The summed E-state index contributed by atoms with van der Waals surface area (Å²) < 4.78 is 38.1. The number of esters is 1. The maximum Gasteiger partial charge on any atom is 0.342 e. The molecule has 0 atom stereocenters. The molecule has 0 bridgehead atoms. The summed E-state index contributed by atoms with van der Waals surface area (Å²) in [6, 6.07) is 10.6. The van der Waals surface area contributed by atoms with Crippen LogP contribution in [0.2, 0.25) is 0 Å². The first-order valence-electron chi connectivity index (χ1n) is 9.87. The second-order valence-electron chi connectivity index (χ2n) is 7.17. The van der Waals surface area contributed by atoms with E-state index < -0.39 is 34.5 Å². The van der Waals surface area contributed by atoms with Crippen LogP contribution in [0.1, 0.15) is 15.9 Å². The third kappa shape index (κ3) is 3.86. The van der Waals surface area contributed by atoms with Crippen LogP contribution >= 0.6 is 0 Å². The van der Waals surface area contributed by atoms with Crippen LogP contribution in [0, 0.1) is 0 Å². The van der Waals surface area contributed by atoms with Crippen molar-refractivity contribution in [2.75, 3.05) is 37.7 Å². The van der Waals surface area contributed by atoms with Crippen molar-refractivity contribution >= 4 is 33.6 Å². The van der Waals surface area contributed by atoms with Gasteiger partial charge in [0.25, 0.3) is 15.9 Å². The fourth-order valence-electron chi connectivity index (χ4n) is 3.68. The molecular weight excluding hydrogens is 438 g/mol. The zero-order valence-corrected chi connectivity index (χ0v) is 18.1. The van der Waals surface area contributed by atoms with E-state index in [1.165, 1.54) is 29.6 Å². The van der Waals surface area contributed by atoms with Crippen LogP contribution in [0.25, 0.3) is 0 Å². The van der Waals surface area contributed by atoms with Crippen LogP contribution in [-0.2, 0) is 26.0 Å². The minimum Gasteiger partial charge on any atom is -0.496 e. The number of nitrogens with zero attached hydrogens (tertiary/aromatic N) is 2. The van der Waals surface area contributed by atoms with Gasteiger partial charge in [0.2, 0.25) is 0 Å². The molecule has 168 valence electrons. The van der Waals surface area contributed by atoms with Gasteiger partial charge in [-0.2, -0.15) is 0 Å². The van der Waals surface area contributed by atoms with E-state index in [0.29, 0.717) is 25.2 Å². The van der Waals surface area contributed by atoms with Gasteiger partial charge in [0.05, 0.1) is 17.7 Å². The molecule has 0 aromatic heterocycles. The number of anilines is 1. The van der Waals surface area contributed by atoms with Crippen molar-refractivity contribution in [2.24, 2.45) is 0 Å². The van der Waals surface area contributed by atoms with Gasteiger partial charge in [0, 0.05) is 19.6 Å². The Morgan fingerprint density at radius 2 is 1.91 bits per heavy atom. The monoisotopic (exact) mass is 459 g/mol. The number of amides is 3. The van der Waals surface area contributed by atoms with Gasteiger partial charge >= 0.3 is 12.0 Å². The third-order valence-electron chi connectivity index (χ3n) is 5.31. The number of benzene rings is 2. The Labute approximate surface area is 184 Å². The standard InChI is InChI=1S/C21H21N3O7S/c1-30-18-7-6-15(32(28,29)24-10-8-14-4-2-3-5-17(14)24)12-16(18)20(26)31-13-19(25)23-11-9-22-21(23)27/h2-7,12H,8-11,13H2,1H3,(H,22,27). The number of hydrogen-bond donors (Lipinski definition) is 1. The Balaban J connectivity index is 1.57. The first-order valence-corrected chi connectivity index (χ1v) is 11.3. The van der Waals surface area contributed by atoms with Crippen molar-refractivity contribution in [3.8, 4) is 5.75 Å². The third-order valence-corrected chi connectivity index (χ3v) is 7.12. The average molecular weight is 459 g/mol. The number of urea groups is 1. The zero-order chi connectivity index (χ0) is 22.9. The summed E-state index contributed by atoms with van der Waals surface area (Å²) in [5, 5.41) is 2.48. The average Bonchev–Trinajstić information content (AvgIpc) is 3.43. The number of carbonyl (C=O) groups is 3. The Morgan fingerprint density at radius 3 is 2.62 bits per heavy atom. The van der Waals surface area contributed by atoms with Crippen molar-refractivity contribution in [1.29, 1.82) is 0 Å². The van der Waals surface area contributed by atoms with Gasteiger partial charge in [-0.05, 0) is 36.2 Å². The maximum absolute atomic E-state index is 13.3. The second kappa shape index (κ2) is 8.50. The fraction of sp³-hybridized carbons (Fsp3) is 0.286. The quantitative estimate of drug-likeness (QED) is 0.643. The fourth-order valence-corrected chi connectivity index (χ4v) is 5.21. The number of hydrogen-bond acceptors (Lipinski definition) is 7. The lowest BCUT2D eigenvalue weighted by Crippen LogP contribution is -2.37. The molecule has 11 heteroatoms. The van der Waals surface area contributed by atoms with Crippen LogP contribution in [0.3, 0.4) is 0 Å². The van der Waals surface area contributed by atoms with Crippen molar-refractivity contribution in [3.05, 3.63) is 53.6 Å². The van der Waals surface area contributed by atoms with Crippen LogP contribution in [0.5, 0.6) is 5.75 Å². The van der Waals surface area contributed by atoms with E-state index in [9.17, 15) is 22.8 Å². The predicted octanol–water partition coefficient (Wildman–Crippen LogP) is 1.16. The number of nitrogens with one attached hydrogen (secondary N) is 1. The maximum atomic E-state index is 13.3. The molecule has 4 rings (SSSR count). The van der Waals surface area contributed by atoms with Crippen LogP contribution in [-0.4, -0.2) is 64.6 Å². The molecule has 0 spiro atoms. The van der Waals surface area contributed by atoms with Crippen LogP contribution in [0.4, 0.5) is 10.5 Å². The van der Waals surface area contributed by atoms with Crippen molar-refractivity contribution in [2.45, 2.75) is 11.3 Å². The van der Waals surface area contributed by atoms with Crippen molar-refractivity contribution in [1.82, 2.24) is 10.2 Å². The molecular formula is C21H21N3O7S. The predicted molar refractivity (Wildman–Crippen MR) is 113 cm³/mol. The first-order chi connectivity index (χ1) is 15.3. The first kappa shape index (κ1) is 21.6. The van der Waals surface area contributed by atoms with Gasteiger partial charge in [-0.1, -0.05) is 18.2 Å². The SMILES string of the molecule is COc1ccc(S(=O)(=O)N2CCc3ccccc32)cc1C(=O)OCC(=O)N1CCNC1=O. The number of fused-ring (bicyclic) bond motifs is 1. The summed E-state index contributed by atoms with van der Waals surface area (Å²) in [6.45, 7) is 0.140. The highest BCUT2D eigenvalue weighted by Gasteiger charge is 2.32. The summed E-state index contributed by atoms with van der Waals surface area (Å²) in [5.41, 5.74) is 1.38. The second-order valence-corrected chi connectivity index (χ2v) is 9.03. The van der Waals surface area contributed by atoms with E-state index in [4.69, 9.17) is 9.47 Å². The highest BCUT2D eigenvalue weighted by molar-refractivity contribution is 7.92. The molecule has 1 saturated heterocycles. The molecule has 2 aliphatic rings. The minimum absolute atomic E-state index is 0.0992. The Hall–Kier alpha value is -3.60. The molecule has 0 unspecified atom stereocenters. The lowest BCUT2D eigenvalue weighted by atomic mass is 10.2. The number of sulfonamides is 1. The molecule has 10 nitrogen and oxygen atoms in total. The molecule has 1 N–H and O–H groups in total. The van der Waals surface area contributed by atoms with E-state index in [2.05, 4.69) is 5.32 Å². The number of carbonyl (C=O) groups excluding carboxylic acids is 3. The number of ether oxygens (including phenoxy) is 2. The molecule has 0 aliphatic carbocycles. The van der Waals surface area contributed by atoms with E-state index in [0.717, 1.165) is 10.5 Å². The summed E-state index contributed by atoms with van der Waals surface area (Å²) in [4.78, 5) is 37.2. The molecule has 1 fully saturated rings. The van der Waals surface area contributed by atoms with E-state index in [-0.39, 0.29) is 22.8 Å². The summed E-state index contributed by atoms with van der Waals surface area (Å²) in [5.74, 6) is -1.51. The number of methoxy groups -OCH3 is 1. The highest BCUT2D eigenvalue weighted by Crippen LogP contribution is 2.34. The van der Waals surface area contributed by atoms with Gasteiger partial charge in [-0.25, -0.2) is 18.0 Å². The summed E-state index contributed by atoms with van der Waals surface area (Å²) in [7, 11) is -2.61. The van der Waals surface area contributed by atoms with Gasteiger partial charge < -0.3 is 14.8 Å². The topological polar surface area (TPSA) is 122 Å². The largest absolute Gasteiger partial charge is 0.496 e. The minimum atomic E-state index is -3.94. The molecule has 2 heterocycles. The van der Waals surface area contributed by atoms with Gasteiger partial charge in [0.1, 0.15) is 11.3 Å². The molecule has 3 amide bonds. The van der Waals surface area contributed by atoms with E-state index in [1.807, 2.05) is 12.1 Å². The van der Waals surface area contributed by atoms with E-state index in [1.54, 1.807) is 12.1 Å². The van der Waals surface area contributed by atoms with E-state index >= 15 is 0 Å². The molecule has 0 saturated carbocycles. The Bertz CT molecular complexity index is 1200.